The molecule has 6 nitrogen and oxygen atoms in total. The van der Waals surface area contributed by atoms with Crippen molar-refractivity contribution in [2.45, 2.75) is 6.67 Å². The minimum absolute atomic E-state index is 0.247. The lowest BCUT2D eigenvalue weighted by molar-refractivity contribution is -0.384. The van der Waals surface area contributed by atoms with Crippen LogP contribution in [-0.4, -0.2) is 19.7 Å². The molecule has 0 radical (unpaired) electrons. The molecule has 0 saturated heterocycles. The van der Waals surface area contributed by atoms with Crippen LogP contribution >= 0.6 is 0 Å². The van der Waals surface area contributed by atoms with E-state index in [9.17, 15) is 29.1 Å². The van der Waals surface area contributed by atoms with Crippen LogP contribution in [0.3, 0.4) is 0 Å². The Balaban J connectivity index is 2.68. The SMILES string of the molecule is O=[N+]([O-])c1ccc(F)c(-n2c(O)cc(CF)c2O)c1. The monoisotopic (exact) mass is 270 g/mol. The predicted octanol–water partition coefficient (Wildman–Crippen LogP) is 2.41. The number of nitrogens with zero attached hydrogens (tertiary/aromatic N) is 2. The van der Waals surface area contributed by atoms with Crippen molar-refractivity contribution in [2.75, 3.05) is 0 Å². The molecule has 0 fully saturated rings. The lowest BCUT2D eigenvalue weighted by atomic mass is 10.2. The zero-order valence-corrected chi connectivity index (χ0v) is 9.38. The fourth-order valence-electron chi connectivity index (χ4n) is 1.66. The van der Waals surface area contributed by atoms with Crippen molar-refractivity contribution in [3.8, 4) is 17.4 Å². The lowest BCUT2D eigenvalue weighted by Gasteiger charge is -2.08. The highest BCUT2D eigenvalue weighted by Crippen LogP contribution is 2.34. The first-order chi connectivity index (χ1) is 8.95. The van der Waals surface area contributed by atoms with Gasteiger partial charge in [0.2, 0.25) is 5.88 Å². The maximum absolute atomic E-state index is 13.6. The van der Waals surface area contributed by atoms with E-state index in [2.05, 4.69) is 0 Å². The number of nitro benzene ring substituents is 1. The van der Waals surface area contributed by atoms with Gasteiger partial charge < -0.3 is 10.2 Å². The molecular formula is C11H8F2N2O4. The molecule has 0 aliphatic carbocycles. The van der Waals surface area contributed by atoms with Crippen molar-refractivity contribution in [3.05, 3.63) is 45.8 Å². The molecule has 0 saturated carbocycles. The maximum atomic E-state index is 13.6. The summed E-state index contributed by atoms with van der Waals surface area (Å²) in [6, 6.07) is 3.50. The van der Waals surface area contributed by atoms with E-state index in [0.29, 0.717) is 4.57 Å². The molecule has 1 aromatic heterocycles. The summed E-state index contributed by atoms with van der Waals surface area (Å²) >= 11 is 0. The van der Waals surface area contributed by atoms with Crippen molar-refractivity contribution < 1.29 is 23.9 Å². The third-order valence-corrected chi connectivity index (χ3v) is 2.56. The first-order valence-electron chi connectivity index (χ1n) is 5.08. The Kier molecular flexibility index (Phi) is 3.07. The average molecular weight is 270 g/mol. The van der Waals surface area contributed by atoms with E-state index in [-0.39, 0.29) is 5.56 Å². The van der Waals surface area contributed by atoms with E-state index in [0.717, 1.165) is 24.3 Å². The summed E-state index contributed by atoms with van der Waals surface area (Å²) in [7, 11) is 0. The number of hydrogen-bond donors (Lipinski definition) is 2. The number of hydrogen-bond acceptors (Lipinski definition) is 4. The number of aromatic nitrogens is 1. The fraction of sp³-hybridized carbons (Fsp3) is 0.0909. The summed E-state index contributed by atoms with van der Waals surface area (Å²) < 4.78 is 26.7. The van der Waals surface area contributed by atoms with Gasteiger partial charge in [-0.1, -0.05) is 0 Å². The second-order valence-corrected chi connectivity index (χ2v) is 3.71. The van der Waals surface area contributed by atoms with Gasteiger partial charge in [0.25, 0.3) is 5.69 Å². The molecule has 19 heavy (non-hydrogen) atoms. The van der Waals surface area contributed by atoms with Gasteiger partial charge in [0, 0.05) is 23.8 Å². The number of non-ortho nitro benzene ring substituents is 1. The number of nitro groups is 1. The Morgan fingerprint density at radius 1 is 1.32 bits per heavy atom. The molecule has 0 bridgehead atoms. The van der Waals surface area contributed by atoms with Crippen LogP contribution in [0.2, 0.25) is 0 Å². The molecule has 0 atom stereocenters. The Morgan fingerprint density at radius 3 is 2.53 bits per heavy atom. The number of aromatic hydroxyl groups is 2. The summed E-state index contributed by atoms with van der Waals surface area (Å²) in [6.45, 7) is -1.07. The van der Waals surface area contributed by atoms with E-state index in [1.165, 1.54) is 0 Å². The van der Waals surface area contributed by atoms with Gasteiger partial charge in [-0.15, -0.1) is 0 Å². The van der Waals surface area contributed by atoms with Crippen LogP contribution in [0.1, 0.15) is 5.56 Å². The van der Waals surface area contributed by atoms with E-state index in [4.69, 9.17) is 0 Å². The number of rotatable bonds is 3. The quantitative estimate of drug-likeness (QED) is 0.662. The van der Waals surface area contributed by atoms with Gasteiger partial charge in [-0.2, -0.15) is 0 Å². The topological polar surface area (TPSA) is 88.5 Å². The van der Waals surface area contributed by atoms with Crippen LogP contribution in [-0.2, 0) is 6.67 Å². The molecule has 100 valence electrons. The summed E-state index contributed by atoms with van der Waals surface area (Å²) in [5.41, 5.74) is -1.11. The lowest BCUT2D eigenvalue weighted by Crippen LogP contribution is -1.99. The standard InChI is InChI=1S/C11H8F2N2O4/c12-5-6-3-10(16)14(11(6)17)9-4-7(15(18)19)1-2-8(9)13/h1-4,16-17H,5H2. The van der Waals surface area contributed by atoms with Gasteiger partial charge in [0.05, 0.1) is 10.6 Å². The van der Waals surface area contributed by atoms with Crippen molar-refractivity contribution in [1.82, 2.24) is 4.57 Å². The third-order valence-electron chi connectivity index (χ3n) is 2.56. The third kappa shape index (κ3) is 2.07. The number of alkyl halides is 1. The molecule has 1 aromatic carbocycles. The summed E-state index contributed by atoms with van der Waals surface area (Å²) in [5, 5.41) is 29.8. The van der Waals surface area contributed by atoms with Crippen LogP contribution in [0.5, 0.6) is 11.8 Å². The van der Waals surface area contributed by atoms with Crippen LogP contribution < -0.4 is 0 Å². The molecule has 8 heteroatoms. The van der Waals surface area contributed by atoms with Gasteiger partial charge in [-0.25, -0.2) is 13.3 Å². The van der Waals surface area contributed by atoms with Crippen LogP contribution in [0.4, 0.5) is 14.5 Å². The zero-order chi connectivity index (χ0) is 14.2. The molecule has 0 amide bonds. The Hall–Kier alpha value is -2.64. The van der Waals surface area contributed by atoms with Crippen LogP contribution in [0.15, 0.2) is 24.3 Å². The van der Waals surface area contributed by atoms with E-state index in [1.54, 1.807) is 0 Å². The van der Waals surface area contributed by atoms with Gasteiger partial charge in [-0.05, 0) is 6.07 Å². The first kappa shape index (κ1) is 12.8. The van der Waals surface area contributed by atoms with Gasteiger partial charge in [-0.3, -0.25) is 10.1 Å². The van der Waals surface area contributed by atoms with E-state index < -0.39 is 40.5 Å². The molecule has 2 N–H and O–H groups in total. The molecule has 0 aliphatic heterocycles. The highest BCUT2D eigenvalue weighted by atomic mass is 19.1. The number of halogens is 2. The fourth-order valence-corrected chi connectivity index (χ4v) is 1.66. The van der Waals surface area contributed by atoms with Crippen LogP contribution in [0, 0.1) is 15.9 Å². The second kappa shape index (κ2) is 4.56. The van der Waals surface area contributed by atoms with Crippen molar-refractivity contribution in [1.29, 1.82) is 0 Å². The average Bonchev–Trinajstić information content (AvgIpc) is 2.65. The molecule has 0 unspecified atom stereocenters. The molecular weight excluding hydrogens is 262 g/mol. The number of benzene rings is 1. The zero-order valence-electron chi connectivity index (χ0n) is 9.38. The van der Waals surface area contributed by atoms with Crippen molar-refractivity contribution in [3.63, 3.8) is 0 Å². The van der Waals surface area contributed by atoms with Crippen LogP contribution in [0.25, 0.3) is 5.69 Å². The van der Waals surface area contributed by atoms with E-state index in [1.807, 2.05) is 0 Å². The largest absolute Gasteiger partial charge is 0.494 e. The normalized spacial score (nSPS) is 10.6. The van der Waals surface area contributed by atoms with E-state index >= 15 is 0 Å². The second-order valence-electron chi connectivity index (χ2n) is 3.71. The summed E-state index contributed by atoms with van der Waals surface area (Å²) in [6.07, 6.45) is 0. The van der Waals surface area contributed by atoms with Gasteiger partial charge in [0.1, 0.15) is 12.5 Å². The molecule has 2 rings (SSSR count). The van der Waals surface area contributed by atoms with Crippen molar-refractivity contribution >= 4 is 5.69 Å². The molecule has 0 aliphatic rings. The smallest absolute Gasteiger partial charge is 0.271 e. The first-order valence-corrected chi connectivity index (χ1v) is 5.08. The van der Waals surface area contributed by atoms with Gasteiger partial charge >= 0.3 is 0 Å². The minimum atomic E-state index is -1.07. The molecule has 1 heterocycles. The predicted molar refractivity (Wildman–Crippen MR) is 60.5 cm³/mol. The summed E-state index contributed by atoms with van der Waals surface area (Å²) in [4.78, 5) is 9.86. The highest BCUT2D eigenvalue weighted by Gasteiger charge is 2.20. The Bertz CT molecular complexity index is 654. The molecule has 0 spiro atoms. The Labute approximate surface area is 105 Å². The highest BCUT2D eigenvalue weighted by molar-refractivity contribution is 5.51. The molecule has 2 aromatic rings. The maximum Gasteiger partial charge on any atom is 0.271 e. The van der Waals surface area contributed by atoms with Gasteiger partial charge in [0.15, 0.2) is 5.88 Å². The minimum Gasteiger partial charge on any atom is -0.494 e. The summed E-state index contributed by atoms with van der Waals surface area (Å²) in [5.74, 6) is -2.24. The van der Waals surface area contributed by atoms with Crippen molar-refractivity contribution in [2.24, 2.45) is 0 Å². The Morgan fingerprint density at radius 2 is 2.00 bits per heavy atom.